The van der Waals surface area contributed by atoms with E-state index in [1.807, 2.05) is 0 Å². The third-order valence-corrected chi connectivity index (χ3v) is 2.00. The summed E-state index contributed by atoms with van der Waals surface area (Å²) < 4.78 is 10.6. The molecule has 51 valence electrons. The topological polar surface area (TPSA) is 18.5 Å². The summed E-state index contributed by atoms with van der Waals surface area (Å²) in [7, 11) is 0. The van der Waals surface area contributed by atoms with E-state index in [0.29, 0.717) is 5.92 Å². The van der Waals surface area contributed by atoms with E-state index in [9.17, 15) is 0 Å². The van der Waals surface area contributed by atoms with Gasteiger partial charge in [-0.25, -0.2) is 0 Å². The van der Waals surface area contributed by atoms with Crippen molar-refractivity contribution in [2.75, 3.05) is 13.2 Å². The molecule has 2 heterocycles. The first-order valence-electron chi connectivity index (χ1n) is 3.52. The summed E-state index contributed by atoms with van der Waals surface area (Å²) in [6.45, 7) is 1.67. The highest BCUT2D eigenvalue weighted by Crippen LogP contribution is 2.29. The zero-order chi connectivity index (χ0) is 6.10. The molecule has 0 N–H and O–H groups in total. The third-order valence-electron chi connectivity index (χ3n) is 2.00. The van der Waals surface area contributed by atoms with Crippen LogP contribution < -0.4 is 0 Å². The monoisotopic (exact) mass is 127 g/mol. The van der Waals surface area contributed by atoms with Crippen molar-refractivity contribution in [1.29, 1.82) is 0 Å². The maximum Gasteiger partial charge on any atom is 0.160 e. The minimum Gasteiger partial charge on any atom is -0.352 e. The molecular weight excluding hydrogens is 116 g/mol. The molecule has 0 bridgehead atoms. The van der Waals surface area contributed by atoms with Crippen molar-refractivity contribution in [2.24, 2.45) is 5.92 Å². The fourth-order valence-electron chi connectivity index (χ4n) is 1.47. The van der Waals surface area contributed by atoms with Crippen LogP contribution in [0.4, 0.5) is 0 Å². The lowest BCUT2D eigenvalue weighted by Crippen LogP contribution is -2.25. The zero-order valence-electron chi connectivity index (χ0n) is 5.38. The highest BCUT2D eigenvalue weighted by Gasteiger charge is 2.31. The van der Waals surface area contributed by atoms with Gasteiger partial charge in [0.15, 0.2) is 6.29 Å². The van der Waals surface area contributed by atoms with E-state index in [1.54, 1.807) is 0 Å². The molecule has 0 amide bonds. The van der Waals surface area contributed by atoms with Gasteiger partial charge >= 0.3 is 0 Å². The van der Waals surface area contributed by atoms with Crippen LogP contribution in [0.15, 0.2) is 0 Å². The van der Waals surface area contributed by atoms with Crippen molar-refractivity contribution in [3.05, 3.63) is 6.42 Å². The Morgan fingerprint density at radius 1 is 1.33 bits per heavy atom. The molecule has 0 unspecified atom stereocenters. The Morgan fingerprint density at radius 3 is 3.22 bits per heavy atom. The van der Waals surface area contributed by atoms with Gasteiger partial charge in [0.2, 0.25) is 0 Å². The van der Waals surface area contributed by atoms with Crippen LogP contribution >= 0.6 is 0 Å². The standard InChI is InChI=1S/C7H11O2/c1-2-6-3-5-9-7(6)8-4-1/h1,6-7H,2-5H2/t6-,7+/m0/s1. The van der Waals surface area contributed by atoms with Gasteiger partial charge in [0.25, 0.3) is 0 Å². The van der Waals surface area contributed by atoms with Gasteiger partial charge in [-0.1, -0.05) is 0 Å². The first-order valence-corrected chi connectivity index (χ1v) is 3.52. The molecule has 2 aliphatic heterocycles. The van der Waals surface area contributed by atoms with E-state index in [-0.39, 0.29) is 6.29 Å². The Balaban J connectivity index is 1.97. The fraction of sp³-hybridized carbons (Fsp3) is 0.857. The zero-order valence-corrected chi connectivity index (χ0v) is 5.38. The van der Waals surface area contributed by atoms with Crippen LogP contribution in [0.2, 0.25) is 0 Å². The Labute approximate surface area is 55.1 Å². The quantitative estimate of drug-likeness (QED) is 0.482. The van der Waals surface area contributed by atoms with Crippen molar-refractivity contribution < 1.29 is 9.47 Å². The second kappa shape index (κ2) is 2.27. The Hall–Kier alpha value is -0.0800. The van der Waals surface area contributed by atoms with E-state index >= 15 is 0 Å². The predicted molar refractivity (Wildman–Crippen MR) is 32.7 cm³/mol. The summed E-state index contributed by atoms with van der Waals surface area (Å²) in [5.74, 6) is 0.666. The molecule has 0 aromatic carbocycles. The van der Waals surface area contributed by atoms with Crippen LogP contribution in [-0.2, 0) is 9.47 Å². The van der Waals surface area contributed by atoms with Crippen molar-refractivity contribution in [1.82, 2.24) is 0 Å². The molecule has 2 nitrogen and oxygen atoms in total. The average Bonchev–Trinajstić information content (AvgIpc) is 2.33. The number of rotatable bonds is 0. The van der Waals surface area contributed by atoms with Gasteiger partial charge in [0.05, 0.1) is 13.2 Å². The molecule has 2 aliphatic rings. The van der Waals surface area contributed by atoms with E-state index < -0.39 is 0 Å². The highest BCUT2D eigenvalue weighted by molar-refractivity contribution is 4.81. The maximum absolute atomic E-state index is 5.32. The summed E-state index contributed by atoms with van der Waals surface area (Å²) in [5.41, 5.74) is 0. The Kier molecular flexibility index (Phi) is 1.44. The minimum atomic E-state index is 0.134. The molecule has 0 spiro atoms. The van der Waals surface area contributed by atoms with Gasteiger partial charge < -0.3 is 9.47 Å². The first kappa shape index (κ1) is 5.69. The van der Waals surface area contributed by atoms with E-state index in [0.717, 1.165) is 13.2 Å². The molecule has 0 aromatic rings. The Morgan fingerprint density at radius 2 is 2.33 bits per heavy atom. The third kappa shape index (κ3) is 0.970. The Bertz CT molecular complexity index is 91.1. The molecular formula is C7H11O2. The largest absolute Gasteiger partial charge is 0.352 e. The van der Waals surface area contributed by atoms with Gasteiger partial charge in [0.1, 0.15) is 0 Å². The molecule has 0 aromatic heterocycles. The lowest BCUT2D eigenvalue weighted by Gasteiger charge is -2.23. The molecule has 2 rings (SSSR count). The summed E-state index contributed by atoms with van der Waals surface area (Å²) in [6, 6.07) is 0. The average molecular weight is 127 g/mol. The van der Waals surface area contributed by atoms with Gasteiger partial charge in [-0.05, 0) is 19.3 Å². The number of hydrogen-bond donors (Lipinski definition) is 0. The van der Waals surface area contributed by atoms with Crippen LogP contribution in [-0.4, -0.2) is 19.5 Å². The molecule has 2 saturated heterocycles. The van der Waals surface area contributed by atoms with Crippen LogP contribution in [0.1, 0.15) is 12.8 Å². The molecule has 0 aliphatic carbocycles. The minimum absolute atomic E-state index is 0.134. The van der Waals surface area contributed by atoms with Crippen molar-refractivity contribution in [3.8, 4) is 0 Å². The molecule has 2 heteroatoms. The summed E-state index contributed by atoms with van der Waals surface area (Å²) in [6.07, 6.45) is 4.69. The number of fused-ring (bicyclic) bond motifs is 1. The smallest absolute Gasteiger partial charge is 0.160 e. The van der Waals surface area contributed by atoms with Crippen molar-refractivity contribution in [3.63, 3.8) is 0 Å². The first-order chi connectivity index (χ1) is 4.47. The maximum atomic E-state index is 5.32. The fourth-order valence-corrected chi connectivity index (χ4v) is 1.47. The van der Waals surface area contributed by atoms with Crippen LogP contribution in [0.5, 0.6) is 0 Å². The summed E-state index contributed by atoms with van der Waals surface area (Å²) in [4.78, 5) is 0. The lowest BCUT2D eigenvalue weighted by atomic mass is 10.00. The number of ether oxygens (including phenoxy) is 2. The molecule has 2 atom stereocenters. The SMILES string of the molecule is [CH]1CO[C@@H]2OCC[C@@H]2C1. The van der Waals surface area contributed by atoms with Crippen molar-refractivity contribution >= 4 is 0 Å². The lowest BCUT2D eigenvalue weighted by molar-refractivity contribution is -0.138. The van der Waals surface area contributed by atoms with Gasteiger partial charge in [-0.3, -0.25) is 0 Å². The van der Waals surface area contributed by atoms with Gasteiger partial charge in [-0.2, -0.15) is 0 Å². The molecule has 2 fully saturated rings. The summed E-state index contributed by atoms with van der Waals surface area (Å²) in [5, 5.41) is 0. The second-order valence-corrected chi connectivity index (χ2v) is 2.65. The van der Waals surface area contributed by atoms with Crippen LogP contribution in [0.3, 0.4) is 0 Å². The van der Waals surface area contributed by atoms with Crippen molar-refractivity contribution in [2.45, 2.75) is 19.1 Å². The second-order valence-electron chi connectivity index (χ2n) is 2.65. The van der Waals surface area contributed by atoms with Gasteiger partial charge in [0, 0.05) is 5.92 Å². The molecule has 0 saturated carbocycles. The van der Waals surface area contributed by atoms with Crippen LogP contribution in [0, 0.1) is 12.3 Å². The predicted octanol–water partition coefficient (Wildman–Crippen LogP) is 0.974. The normalized spacial score (nSPS) is 42.7. The molecule has 1 radical (unpaired) electrons. The van der Waals surface area contributed by atoms with Crippen LogP contribution in [0.25, 0.3) is 0 Å². The van der Waals surface area contributed by atoms with Gasteiger partial charge in [-0.15, -0.1) is 0 Å². The highest BCUT2D eigenvalue weighted by atomic mass is 16.7. The van der Waals surface area contributed by atoms with E-state index in [1.165, 1.54) is 12.8 Å². The van der Waals surface area contributed by atoms with E-state index in [4.69, 9.17) is 9.47 Å². The molecule has 9 heavy (non-hydrogen) atoms. The van der Waals surface area contributed by atoms with E-state index in [2.05, 4.69) is 6.42 Å². The number of hydrogen-bond acceptors (Lipinski definition) is 2. The summed E-state index contributed by atoms with van der Waals surface area (Å²) >= 11 is 0.